The normalized spacial score (nSPS) is 17.1. The summed E-state index contributed by atoms with van der Waals surface area (Å²) >= 11 is 0. The quantitative estimate of drug-likeness (QED) is 0.890. The highest BCUT2D eigenvalue weighted by molar-refractivity contribution is 5.34. The molecule has 0 radical (unpaired) electrons. The number of benzene rings is 2. The van der Waals surface area contributed by atoms with Gasteiger partial charge in [-0.15, -0.1) is 0 Å². The molecule has 0 spiro atoms. The first-order valence-electron chi connectivity index (χ1n) is 7.75. The molecule has 1 atom stereocenters. The standard InChI is InChI=1S/C18H22N2O2/c21-14-18(20-12-10-19-11-13-20)15-6-8-17(9-7-15)22-16-4-2-1-3-5-16/h1-9,18-19,21H,10-14H2/t18-/m0/s1. The minimum Gasteiger partial charge on any atom is -0.457 e. The molecule has 1 saturated heterocycles. The van der Waals surface area contributed by atoms with Gasteiger partial charge in [0.15, 0.2) is 0 Å². The first-order chi connectivity index (χ1) is 10.9. The molecule has 4 nitrogen and oxygen atoms in total. The van der Waals surface area contributed by atoms with E-state index >= 15 is 0 Å². The van der Waals surface area contributed by atoms with Gasteiger partial charge >= 0.3 is 0 Å². The molecule has 0 amide bonds. The van der Waals surface area contributed by atoms with Gasteiger partial charge in [-0.2, -0.15) is 0 Å². The molecule has 2 aromatic carbocycles. The van der Waals surface area contributed by atoms with Crippen molar-refractivity contribution in [1.82, 2.24) is 10.2 Å². The fraction of sp³-hybridized carbons (Fsp3) is 0.333. The van der Waals surface area contributed by atoms with Crippen molar-refractivity contribution in [1.29, 1.82) is 0 Å². The second-order valence-corrected chi connectivity index (χ2v) is 5.47. The summed E-state index contributed by atoms with van der Waals surface area (Å²) in [4.78, 5) is 2.32. The third kappa shape index (κ3) is 3.65. The Kier molecular flexibility index (Phi) is 5.06. The summed E-state index contributed by atoms with van der Waals surface area (Å²) in [6.45, 7) is 4.03. The molecule has 1 aliphatic rings. The van der Waals surface area contributed by atoms with Gasteiger partial charge in [-0.1, -0.05) is 30.3 Å². The van der Waals surface area contributed by atoms with E-state index in [4.69, 9.17) is 4.74 Å². The SMILES string of the molecule is OC[C@@H](c1ccc(Oc2ccccc2)cc1)N1CCNCC1. The van der Waals surface area contributed by atoms with Crippen LogP contribution < -0.4 is 10.1 Å². The van der Waals surface area contributed by atoms with Crippen molar-refractivity contribution < 1.29 is 9.84 Å². The number of nitrogens with zero attached hydrogens (tertiary/aromatic N) is 1. The third-order valence-corrected chi connectivity index (χ3v) is 4.01. The van der Waals surface area contributed by atoms with Crippen LogP contribution in [-0.2, 0) is 0 Å². The van der Waals surface area contributed by atoms with Crippen molar-refractivity contribution in [3.05, 3.63) is 60.2 Å². The van der Waals surface area contributed by atoms with Gasteiger partial charge in [0.25, 0.3) is 0 Å². The van der Waals surface area contributed by atoms with Gasteiger partial charge in [-0.25, -0.2) is 0 Å². The summed E-state index contributed by atoms with van der Waals surface area (Å²) in [5.41, 5.74) is 1.13. The number of para-hydroxylation sites is 1. The average Bonchev–Trinajstić information content (AvgIpc) is 2.59. The zero-order valence-corrected chi connectivity index (χ0v) is 12.6. The number of hydrogen-bond donors (Lipinski definition) is 2. The number of nitrogens with one attached hydrogen (secondary N) is 1. The number of ether oxygens (including phenoxy) is 1. The Morgan fingerprint density at radius 3 is 2.23 bits per heavy atom. The Morgan fingerprint density at radius 1 is 0.955 bits per heavy atom. The fourth-order valence-electron chi connectivity index (χ4n) is 2.81. The lowest BCUT2D eigenvalue weighted by Crippen LogP contribution is -2.46. The van der Waals surface area contributed by atoms with E-state index in [1.807, 2.05) is 54.6 Å². The van der Waals surface area contributed by atoms with E-state index in [1.54, 1.807) is 0 Å². The lowest BCUT2D eigenvalue weighted by molar-refractivity contribution is 0.111. The van der Waals surface area contributed by atoms with Crippen LogP contribution in [0, 0.1) is 0 Å². The smallest absolute Gasteiger partial charge is 0.127 e. The molecule has 1 heterocycles. The Morgan fingerprint density at radius 2 is 1.59 bits per heavy atom. The molecule has 116 valence electrons. The van der Waals surface area contributed by atoms with Gasteiger partial charge in [0, 0.05) is 26.2 Å². The zero-order valence-electron chi connectivity index (χ0n) is 12.6. The number of hydrogen-bond acceptors (Lipinski definition) is 4. The van der Waals surface area contributed by atoms with Gasteiger partial charge < -0.3 is 15.2 Å². The summed E-state index contributed by atoms with van der Waals surface area (Å²) in [5.74, 6) is 1.64. The summed E-state index contributed by atoms with van der Waals surface area (Å²) in [7, 11) is 0. The second-order valence-electron chi connectivity index (χ2n) is 5.47. The highest BCUT2D eigenvalue weighted by Gasteiger charge is 2.21. The molecule has 2 N–H and O–H groups in total. The molecule has 1 fully saturated rings. The molecule has 0 saturated carbocycles. The topological polar surface area (TPSA) is 44.7 Å². The van der Waals surface area contributed by atoms with Crippen LogP contribution in [0.15, 0.2) is 54.6 Å². The summed E-state index contributed by atoms with van der Waals surface area (Å²) in [5, 5.41) is 13.1. The first-order valence-corrected chi connectivity index (χ1v) is 7.75. The van der Waals surface area contributed by atoms with Crippen LogP contribution in [0.2, 0.25) is 0 Å². The number of aliphatic hydroxyl groups is 1. The molecular weight excluding hydrogens is 276 g/mol. The number of aliphatic hydroxyl groups excluding tert-OH is 1. The minimum atomic E-state index is 0.0628. The lowest BCUT2D eigenvalue weighted by Gasteiger charge is -2.34. The van der Waals surface area contributed by atoms with Gasteiger partial charge in [0.2, 0.25) is 0 Å². The predicted molar refractivity (Wildman–Crippen MR) is 87.2 cm³/mol. The van der Waals surface area contributed by atoms with Crippen molar-refractivity contribution >= 4 is 0 Å². The summed E-state index contributed by atoms with van der Waals surface area (Å²) in [6, 6.07) is 17.8. The van der Waals surface area contributed by atoms with E-state index in [9.17, 15) is 5.11 Å². The van der Waals surface area contributed by atoms with Crippen LogP contribution in [0.4, 0.5) is 0 Å². The van der Waals surface area contributed by atoms with Gasteiger partial charge in [-0.05, 0) is 29.8 Å². The van der Waals surface area contributed by atoms with Crippen LogP contribution in [0.5, 0.6) is 11.5 Å². The van der Waals surface area contributed by atoms with E-state index in [1.165, 1.54) is 0 Å². The minimum absolute atomic E-state index is 0.0628. The Labute approximate surface area is 131 Å². The second kappa shape index (κ2) is 7.40. The van der Waals surface area contributed by atoms with E-state index in [0.717, 1.165) is 43.2 Å². The van der Waals surface area contributed by atoms with Crippen molar-refractivity contribution in [2.75, 3.05) is 32.8 Å². The largest absolute Gasteiger partial charge is 0.457 e. The third-order valence-electron chi connectivity index (χ3n) is 4.01. The van der Waals surface area contributed by atoms with E-state index in [2.05, 4.69) is 10.2 Å². The van der Waals surface area contributed by atoms with Crippen molar-refractivity contribution in [2.24, 2.45) is 0 Å². The molecule has 3 rings (SSSR count). The molecule has 2 aromatic rings. The predicted octanol–water partition coefficient (Wildman–Crippen LogP) is 2.42. The highest BCUT2D eigenvalue weighted by Crippen LogP contribution is 2.25. The summed E-state index contributed by atoms with van der Waals surface area (Å²) in [6.07, 6.45) is 0. The van der Waals surface area contributed by atoms with Crippen molar-refractivity contribution in [2.45, 2.75) is 6.04 Å². The van der Waals surface area contributed by atoms with E-state index in [-0.39, 0.29) is 12.6 Å². The molecule has 0 aromatic heterocycles. The molecule has 1 aliphatic heterocycles. The van der Waals surface area contributed by atoms with Gasteiger partial charge in [-0.3, -0.25) is 4.90 Å². The average molecular weight is 298 g/mol. The Hall–Kier alpha value is -1.88. The highest BCUT2D eigenvalue weighted by atomic mass is 16.5. The first kappa shape index (κ1) is 15.0. The van der Waals surface area contributed by atoms with E-state index < -0.39 is 0 Å². The number of rotatable bonds is 5. The van der Waals surface area contributed by atoms with E-state index in [0.29, 0.717) is 0 Å². The Balaban J connectivity index is 1.69. The maximum absolute atomic E-state index is 9.74. The monoisotopic (exact) mass is 298 g/mol. The molecule has 0 unspecified atom stereocenters. The molecular formula is C18H22N2O2. The zero-order chi connectivity index (χ0) is 15.2. The van der Waals surface area contributed by atoms with Crippen LogP contribution in [0.1, 0.15) is 11.6 Å². The summed E-state index contributed by atoms with van der Waals surface area (Å²) < 4.78 is 5.81. The van der Waals surface area contributed by atoms with Crippen LogP contribution in [0.3, 0.4) is 0 Å². The molecule has 22 heavy (non-hydrogen) atoms. The van der Waals surface area contributed by atoms with Crippen LogP contribution in [-0.4, -0.2) is 42.8 Å². The Bertz CT molecular complexity index is 565. The van der Waals surface area contributed by atoms with Crippen molar-refractivity contribution in [3.8, 4) is 11.5 Å². The lowest BCUT2D eigenvalue weighted by atomic mass is 10.1. The fourth-order valence-corrected chi connectivity index (χ4v) is 2.81. The van der Waals surface area contributed by atoms with Gasteiger partial charge in [0.05, 0.1) is 12.6 Å². The van der Waals surface area contributed by atoms with Crippen molar-refractivity contribution in [3.63, 3.8) is 0 Å². The maximum Gasteiger partial charge on any atom is 0.127 e. The molecule has 4 heteroatoms. The molecule has 0 bridgehead atoms. The van der Waals surface area contributed by atoms with Crippen LogP contribution >= 0.6 is 0 Å². The molecule has 0 aliphatic carbocycles. The maximum atomic E-state index is 9.74. The number of piperazine rings is 1. The van der Waals surface area contributed by atoms with Crippen LogP contribution in [0.25, 0.3) is 0 Å². The van der Waals surface area contributed by atoms with Gasteiger partial charge in [0.1, 0.15) is 11.5 Å².